The largest absolute Gasteiger partial charge is 0.378 e. The third-order valence-electron chi connectivity index (χ3n) is 5.59. The molecule has 0 radical (unpaired) electrons. The van der Waals surface area contributed by atoms with E-state index in [0.717, 1.165) is 28.6 Å². The number of carbonyl (C=O) groups is 1. The average molecular weight is 426 g/mol. The number of anilines is 2. The van der Waals surface area contributed by atoms with Crippen molar-refractivity contribution in [1.82, 2.24) is 29.0 Å². The standard InChI is InChI=1S/C20H23N7O2S/c1-5-26-7-6-13-15-14(21-10-25(15)3)17(23-18(13)26)24-20-22-11(2)16(30-20)19(28)27-8-12(9-27)29-4/h6-7,10,12H,5,8-9H2,1-4H3,(H,22,23,24). The smallest absolute Gasteiger partial charge is 0.266 e. The molecule has 156 valence electrons. The van der Waals surface area contributed by atoms with E-state index in [-0.39, 0.29) is 12.0 Å². The summed E-state index contributed by atoms with van der Waals surface area (Å²) in [6.45, 7) is 6.02. The van der Waals surface area contributed by atoms with Gasteiger partial charge in [-0.3, -0.25) is 4.79 Å². The number of aryl methyl sites for hydroxylation is 3. The van der Waals surface area contributed by atoms with Gasteiger partial charge >= 0.3 is 0 Å². The second-order valence-electron chi connectivity index (χ2n) is 7.48. The van der Waals surface area contributed by atoms with Crippen LogP contribution in [0.3, 0.4) is 0 Å². The highest BCUT2D eigenvalue weighted by Crippen LogP contribution is 2.33. The average Bonchev–Trinajstić information content (AvgIpc) is 3.37. The Balaban J connectivity index is 1.51. The zero-order valence-electron chi connectivity index (χ0n) is 17.3. The summed E-state index contributed by atoms with van der Waals surface area (Å²) >= 11 is 1.35. The summed E-state index contributed by atoms with van der Waals surface area (Å²) in [5, 5.41) is 5.01. The number of carbonyl (C=O) groups excluding carboxylic acids is 1. The number of thiazole rings is 1. The Morgan fingerprint density at radius 1 is 1.37 bits per heavy atom. The number of methoxy groups -OCH3 is 1. The van der Waals surface area contributed by atoms with Crippen LogP contribution < -0.4 is 5.32 Å². The van der Waals surface area contributed by atoms with Crippen molar-refractivity contribution in [3.05, 3.63) is 29.2 Å². The van der Waals surface area contributed by atoms with Crippen LogP contribution >= 0.6 is 11.3 Å². The molecule has 9 nitrogen and oxygen atoms in total. The summed E-state index contributed by atoms with van der Waals surface area (Å²) in [4.78, 5) is 29.2. The Labute approximate surface area is 177 Å². The van der Waals surface area contributed by atoms with Gasteiger partial charge in [0.1, 0.15) is 16.0 Å². The molecule has 0 saturated carbocycles. The second-order valence-corrected chi connectivity index (χ2v) is 8.48. The first-order valence-corrected chi connectivity index (χ1v) is 10.7. The highest BCUT2D eigenvalue weighted by Gasteiger charge is 2.33. The minimum atomic E-state index is -0.00222. The number of amides is 1. The number of aromatic nitrogens is 5. The molecule has 5 rings (SSSR count). The van der Waals surface area contributed by atoms with E-state index in [1.54, 1.807) is 18.3 Å². The van der Waals surface area contributed by atoms with Gasteiger partial charge in [0.15, 0.2) is 10.9 Å². The van der Waals surface area contributed by atoms with Crippen molar-refractivity contribution in [3.63, 3.8) is 0 Å². The van der Waals surface area contributed by atoms with E-state index in [1.807, 2.05) is 24.7 Å². The summed E-state index contributed by atoms with van der Waals surface area (Å²) in [6, 6.07) is 2.07. The van der Waals surface area contributed by atoms with Gasteiger partial charge in [-0.2, -0.15) is 0 Å². The van der Waals surface area contributed by atoms with E-state index in [1.165, 1.54) is 11.3 Å². The van der Waals surface area contributed by atoms with E-state index in [2.05, 4.69) is 32.8 Å². The summed E-state index contributed by atoms with van der Waals surface area (Å²) < 4.78 is 9.37. The van der Waals surface area contributed by atoms with Gasteiger partial charge in [-0.05, 0) is 19.9 Å². The lowest BCUT2D eigenvalue weighted by molar-refractivity contribution is -0.0190. The number of ether oxygens (including phenoxy) is 1. The topological polar surface area (TPSA) is 90.1 Å². The molecule has 1 amide bonds. The minimum Gasteiger partial charge on any atom is -0.378 e. The first kappa shape index (κ1) is 19.0. The fraction of sp³-hybridized carbons (Fsp3) is 0.400. The van der Waals surface area contributed by atoms with E-state index >= 15 is 0 Å². The van der Waals surface area contributed by atoms with E-state index in [4.69, 9.17) is 9.72 Å². The number of hydrogen-bond donors (Lipinski definition) is 1. The molecule has 10 heteroatoms. The van der Waals surface area contributed by atoms with Gasteiger partial charge in [-0.1, -0.05) is 11.3 Å². The highest BCUT2D eigenvalue weighted by atomic mass is 32.1. The van der Waals surface area contributed by atoms with Crippen LogP contribution in [-0.4, -0.2) is 61.2 Å². The van der Waals surface area contributed by atoms with Crippen LogP contribution in [0.1, 0.15) is 22.3 Å². The van der Waals surface area contributed by atoms with Gasteiger partial charge in [-0.25, -0.2) is 15.0 Å². The van der Waals surface area contributed by atoms with Crippen molar-refractivity contribution in [2.24, 2.45) is 7.05 Å². The minimum absolute atomic E-state index is 0.00222. The molecule has 5 heterocycles. The Kier molecular flexibility index (Phi) is 4.48. The molecule has 4 aromatic rings. The Morgan fingerprint density at radius 2 is 2.17 bits per heavy atom. The second kappa shape index (κ2) is 7.06. The van der Waals surface area contributed by atoms with Gasteiger partial charge < -0.3 is 24.1 Å². The van der Waals surface area contributed by atoms with Crippen LogP contribution in [0.25, 0.3) is 22.1 Å². The molecule has 1 aliphatic rings. The Morgan fingerprint density at radius 3 is 2.90 bits per heavy atom. The molecule has 1 aliphatic heterocycles. The molecule has 0 spiro atoms. The van der Waals surface area contributed by atoms with Crippen molar-refractivity contribution < 1.29 is 9.53 Å². The third kappa shape index (κ3) is 2.86. The van der Waals surface area contributed by atoms with Crippen LogP contribution in [0, 0.1) is 6.92 Å². The van der Waals surface area contributed by atoms with Gasteiger partial charge in [-0.15, -0.1) is 0 Å². The molecule has 1 fully saturated rings. The predicted molar refractivity (Wildman–Crippen MR) is 117 cm³/mol. The van der Waals surface area contributed by atoms with Gasteiger partial charge in [0, 0.05) is 45.4 Å². The van der Waals surface area contributed by atoms with Crippen LogP contribution in [0.15, 0.2) is 18.6 Å². The van der Waals surface area contributed by atoms with Crippen molar-refractivity contribution in [2.75, 3.05) is 25.5 Å². The summed E-state index contributed by atoms with van der Waals surface area (Å²) in [5.74, 6) is 0.639. The first-order chi connectivity index (χ1) is 14.5. The Hall–Kier alpha value is -2.98. The number of rotatable bonds is 5. The maximum Gasteiger partial charge on any atom is 0.266 e. The number of hydrogen-bond acceptors (Lipinski definition) is 7. The molecular formula is C20H23N7O2S. The number of pyridine rings is 1. The van der Waals surface area contributed by atoms with Crippen LogP contribution in [0.4, 0.5) is 10.9 Å². The molecule has 0 bridgehead atoms. The molecule has 0 unspecified atom stereocenters. The monoisotopic (exact) mass is 425 g/mol. The quantitative estimate of drug-likeness (QED) is 0.529. The van der Waals surface area contributed by atoms with Gasteiger partial charge in [0.05, 0.1) is 23.6 Å². The van der Waals surface area contributed by atoms with E-state index < -0.39 is 0 Å². The number of nitrogens with one attached hydrogen (secondary N) is 1. The molecule has 0 aromatic carbocycles. The summed E-state index contributed by atoms with van der Waals surface area (Å²) in [6.07, 6.45) is 3.96. The molecule has 0 atom stereocenters. The Bertz CT molecular complexity index is 1270. The lowest BCUT2D eigenvalue weighted by Gasteiger charge is -2.37. The zero-order chi connectivity index (χ0) is 21.0. The predicted octanol–water partition coefficient (Wildman–Crippen LogP) is 2.92. The van der Waals surface area contributed by atoms with E-state index in [9.17, 15) is 4.79 Å². The molecule has 30 heavy (non-hydrogen) atoms. The highest BCUT2D eigenvalue weighted by molar-refractivity contribution is 7.17. The number of likely N-dealkylation sites (tertiary alicyclic amines) is 1. The van der Waals surface area contributed by atoms with E-state index in [0.29, 0.717) is 34.6 Å². The molecule has 0 aliphatic carbocycles. The molecule has 1 N–H and O–H groups in total. The SMILES string of the molecule is CCn1ccc2c3c(ncn3C)c(Nc3nc(C)c(C(=O)N4CC(OC)C4)s3)nc21. The zero-order valence-corrected chi connectivity index (χ0v) is 18.2. The molecule has 4 aromatic heterocycles. The van der Waals surface area contributed by atoms with Crippen LogP contribution in [-0.2, 0) is 18.3 Å². The lowest BCUT2D eigenvalue weighted by Crippen LogP contribution is -2.54. The fourth-order valence-electron chi connectivity index (χ4n) is 3.84. The maximum atomic E-state index is 12.8. The van der Waals surface area contributed by atoms with Gasteiger partial charge in [0.25, 0.3) is 5.91 Å². The third-order valence-corrected chi connectivity index (χ3v) is 6.65. The maximum absolute atomic E-state index is 12.8. The summed E-state index contributed by atoms with van der Waals surface area (Å²) in [5.41, 5.74) is 3.41. The molecular weight excluding hydrogens is 402 g/mol. The number of nitrogens with zero attached hydrogens (tertiary/aromatic N) is 6. The van der Waals surface area contributed by atoms with Crippen molar-refractivity contribution >= 4 is 50.3 Å². The van der Waals surface area contributed by atoms with Gasteiger partial charge in [0.2, 0.25) is 0 Å². The lowest BCUT2D eigenvalue weighted by atomic mass is 10.1. The number of imidazole rings is 1. The van der Waals surface area contributed by atoms with Crippen molar-refractivity contribution in [3.8, 4) is 0 Å². The van der Waals surface area contributed by atoms with Crippen LogP contribution in [0.5, 0.6) is 0 Å². The molecule has 1 saturated heterocycles. The first-order valence-electron chi connectivity index (χ1n) is 9.86. The van der Waals surface area contributed by atoms with Crippen molar-refractivity contribution in [1.29, 1.82) is 0 Å². The normalized spacial score (nSPS) is 14.6. The fourth-order valence-corrected chi connectivity index (χ4v) is 4.78. The summed E-state index contributed by atoms with van der Waals surface area (Å²) in [7, 11) is 3.65. The van der Waals surface area contributed by atoms with Crippen LogP contribution in [0.2, 0.25) is 0 Å². The number of fused-ring (bicyclic) bond motifs is 3. The van der Waals surface area contributed by atoms with Crippen molar-refractivity contribution in [2.45, 2.75) is 26.5 Å².